The minimum absolute atomic E-state index is 0.0171. The molecule has 2 aliphatic heterocycles. The van der Waals surface area contributed by atoms with Crippen LogP contribution in [0.1, 0.15) is 20.8 Å². The average molecular weight is 286 g/mol. The van der Waals surface area contributed by atoms with Crippen molar-refractivity contribution < 1.29 is 4.79 Å². The number of rotatable bonds is 1. The number of allylic oxidation sites excluding steroid dienone is 2. The molecule has 0 aromatic rings. The quantitative estimate of drug-likeness (QED) is 0.545. The molecule has 0 atom stereocenters. The van der Waals surface area contributed by atoms with Gasteiger partial charge in [0.2, 0.25) is 0 Å². The van der Waals surface area contributed by atoms with Crippen LogP contribution in [0.15, 0.2) is 20.5 Å². The topological polar surface area (TPSA) is 23.6 Å². The Morgan fingerprint density at radius 1 is 1.29 bits per heavy atom. The molecule has 0 unspecified atom stereocenters. The molecule has 2 rings (SSSR count). The van der Waals surface area contributed by atoms with Gasteiger partial charge < -0.3 is 4.90 Å². The fourth-order valence-electron chi connectivity index (χ4n) is 1.74. The van der Waals surface area contributed by atoms with Crippen LogP contribution in [0.3, 0.4) is 0 Å². The van der Waals surface area contributed by atoms with Crippen LogP contribution < -0.4 is 0 Å². The first kappa shape index (κ1) is 13.0. The van der Waals surface area contributed by atoms with Gasteiger partial charge in [0.05, 0.1) is 5.03 Å². The van der Waals surface area contributed by atoms with Gasteiger partial charge in [-0.3, -0.25) is 9.69 Å². The molecule has 17 heavy (non-hydrogen) atoms. The minimum Gasteiger partial charge on any atom is -0.338 e. The molecule has 0 aromatic heterocycles. The Morgan fingerprint density at radius 3 is 2.41 bits per heavy atom. The van der Waals surface area contributed by atoms with E-state index >= 15 is 0 Å². The predicted molar refractivity (Wildman–Crippen MR) is 78.3 cm³/mol. The van der Waals surface area contributed by atoms with Gasteiger partial charge in [-0.2, -0.15) is 0 Å². The second-order valence-electron chi connectivity index (χ2n) is 3.85. The SMILES string of the molecule is CCN1C(C)=C(C)S/C1=C1\SC(=S)N(C)C1=O. The van der Waals surface area contributed by atoms with Gasteiger partial charge in [-0.1, -0.05) is 35.7 Å². The lowest BCUT2D eigenvalue weighted by Gasteiger charge is -2.20. The fraction of sp³-hybridized carbons (Fsp3) is 0.455. The van der Waals surface area contributed by atoms with Crippen LogP contribution in [0.2, 0.25) is 0 Å². The average Bonchev–Trinajstić information content (AvgIpc) is 2.72. The highest BCUT2D eigenvalue weighted by atomic mass is 32.2. The van der Waals surface area contributed by atoms with Crippen molar-refractivity contribution in [1.29, 1.82) is 0 Å². The number of hydrogen-bond acceptors (Lipinski definition) is 5. The lowest BCUT2D eigenvalue weighted by atomic mass is 10.4. The van der Waals surface area contributed by atoms with Crippen molar-refractivity contribution in [2.45, 2.75) is 20.8 Å². The maximum absolute atomic E-state index is 12.1. The van der Waals surface area contributed by atoms with Gasteiger partial charge in [0.25, 0.3) is 5.91 Å². The molecule has 0 N–H and O–H groups in total. The third-order valence-electron chi connectivity index (χ3n) is 2.88. The highest BCUT2D eigenvalue weighted by Gasteiger charge is 2.36. The molecular formula is C11H14N2OS3. The van der Waals surface area contributed by atoms with E-state index in [4.69, 9.17) is 12.2 Å². The zero-order chi connectivity index (χ0) is 12.7. The summed E-state index contributed by atoms with van der Waals surface area (Å²) >= 11 is 8.23. The zero-order valence-corrected chi connectivity index (χ0v) is 12.7. The predicted octanol–water partition coefficient (Wildman–Crippen LogP) is 2.97. The van der Waals surface area contributed by atoms with Crippen LogP contribution in [-0.4, -0.2) is 33.6 Å². The van der Waals surface area contributed by atoms with Gasteiger partial charge in [-0.15, -0.1) is 0 Å². The molecule has 2 heterocycles. The monoisotopic (exact) mass is 286 g/mol. The second-order valence-corrected chi connectivity index (χ2v) is 6.70. The summed E-state index contributed by atoms with van der Waals surface area (Å²) in [4.78, 5) is 17.8. The fourth-order valence-corrected chi connectivity index (χ4v) is 4.24. The summed E-state index contributed by atoms with van der Waals surface area (Å²) in [7, 11) is 1.73. The highest BCUT2D eigenvalue weighted by Crippen LogP contribution is 2.46. The molecule has 0 aromatic carbocycles. The van der Waals surface area contributed by atoms with Crippen molar-refractivity contribution in [2.24, 2.45) is 0 Å². The molecule has 2 aliphatic rings. The number of thiocarbonyl (C=S) groups is 1. The van der Waals surface area contributed by atoms with Crippen molar-refractivity contribution in [2.75, 3.05) is 13.6 Å². The molecule has 1 fully saturated rings. The number of thioether (sulfide) groups is 2. The smallest absolute Gasteiger partial charge is 0.268 e. The number of carbonyl (C=O) groups is 1. The van der Waals surface area contributed by atoms with Crippen molar-refractivity contribution in [3.05, 3.63) is 20.5 Å². The van der Waals surface area contributed by atoms with Crippen molar-refractivity contribution >= 4 is 46.0 Å². The summed E-state index contributed by atoms with van der Waals surface area (Å²) in [5.41, 5.74) is 1.23. The lowest BCUT2D eigenvalue weighted by molar-refractivity contribution is -0.121. The van der Waals surface area contributed by atoms with E-state index in [0.29, 0.717) is 4.32 Å². The molecule has 1 saturated heterocycles. The van der Waals surface area contributed by atoms with Crippen molar-refractivity contribution in [3.8, 4) is 0 Å². The Morgan fingerprint density at radius 2 is 1.94 bits per heavy atom. The Labute approximate surface area is 115 Å². The maximum atomic E-state index is 12.1. The molecule has 0 spiro atoms. The van der Waals surface area contributed by atoms with E-state index in [1.165, 1.54) is 22.4 Å². The van der Waals surface area contributed by atoms with Gasteiger partial charge >= 0.3 is 0 Å². The molecule has 6 heteroatoms. The maximum Gasteiger partial charge on any atom is 0.268 e. The van der Waals surface area contributed by atoms with E-state index < -0.39 is 0 Å². The Kier molecular flexibility index (Phi) is 3.56. The van der Waals surface area contributed by atoms with Crippen LogP contribution in [0.4, 0.5) is 0 Å². The summed E-state index contributed by atoms with van der Waals surface area (Å²) in [6.45, 7) is 7.14. The summed E-state index contributed by atoms with van der Waals surface area (Å²) in [6.07, 6.45) is 0. The van der Waals surface area contributed by atoms with E-state index in [9.17, 15) is 4.79 Å². The lowest BCUT2D eigenvalue weighted by Crippen LogP contribution is -2.24. The standard InChI is InChI=1S/C11H14N2OS3/c1-5-13-6(2)7(3)16-10(13)8-9(14)12(4)11(15)17-8/h5H2,1-4H3/b10-8-. The Hall–Kier alpha value is -0.460. The van der Waals surface area contributed by atoms with E-state index in [1.54, 1.807) is 23.7 Å². The summed E-state index contributed by atoms with van der Waals surface area (Å²) in [5, 5.41) is 1.03. The molecule has 0 radical (unpaired) electrons. The first-order valence-corrected chi connectivity index (χ1v) is 7.38. The van der Waals surface area contributed by atoms with E-state index in [2.05, 4.69) is 25.7 Å². The van der Waals surface area contributed by atoms with Crippen LogP contribution in [-0.2, 0) is 4.79 Å². The van der Waals surface area contributed by atoms with Crippen molar-refractivity contribution in [3.63, 3.8) is 0 Å². The minimum atomic E-state index is 0.0171. The van der Waals surface area contributed by atoms with Gasteiger partial charge in [0.15, 0.2) is 0 Å². The highest BCUT2D eigenvalue weighted by molar-refractivity contribution is 8.27. The third kappa shape index (κ3) is 2.02. The third-order valence-corrected chi connectivity index (χ3v) is 5.77. The molecule has 0 saturated carbocycles. The largest absolute Gasteiger partial charge is 0.338 e. The summed E-state index contributed by atoms with van der Waals surface area (Å²) < 4.78 is 0.636. The Bertz CT molecular complexity index is 467. The van der Waals surface area contributed by atoms with Crippen LogP contribution in [0.25, 0.3) is 0 Å². The van der Waals surface area contributed by atoms with E-state index in [-0.39, 0.29) is 5.91 Å². The first-order valence-electron chi connectivity index (χ1n) is 5.34. The van der Waals surface area contributed by atoms with E-state index in [1.807, 2.05) is 0 Å². The van der Waals surface area contributed by atoms with Crippen molar-refractivity contribution in [1.82, 2.24) is 9.80 Å². The molecule has 0 aliphatic carbocycles. The zero-order valence-electron chi connectivity index (χ0n) is 10.2. The van der Waals surface area contributed by atoms with Gasteiger partial charge in [0.1, 0.15) is 9.23 Å². The molecule has 3 nitrogen and oxygen atoms in total. The Balaban J connectivity index is 2.42. The normalized spacial score (nSPS) is 25.6. The van der Waals surface area contributed by atoms with Crippen LogP contribution in [0.5, 0.6) is 0 Å². The number of carbonyl (C=O) groups excluding carboxylic acids is 1. The number of likely N-dealkylation sites (N-methyl/N-ethyl adjacent to an activating group) is 1. The van der Waals surface area contributed by atoms with E-state index in [0.717, 1.165) is 16.5 Å². The van der Waals surface area contributed by atoms with Crippen LogP contribution >= 0.6 is 35.7 Å². The molecular weight excluding hydrogens is 272 g/mol. The molecule has 92 valence electrons. The number of amides is 1. The van der Waals surface area contributed by atoms with Gasteiger partial charge in [0, 0.05) is 24.2 Å². The number of nitrogens with zero attached hydrogens (tertiary/aromatic N) is 2. The summed E-state index contributed by atoms with van der Waals surface area (Å²) in [6, 6.07) is 0. The van der Waals surface area contributed by atoms with Gasteiger partial charge in [-0.05, 0) is 20.8 Å². The van der Waals surface area contributed by atoms with Crippen LogP contribution in [0, 0.1) is 0 Å². The number of hydrogen-bond donors (Lipinski definition) is 0. The molecule has 0 bridgehead atoms. The first-order chi connectivity index (χ1) is 7.97. The summed E-state index contributed by atoms with van der Waals surface area (Å²) in [5.74, 6) is 0.0171. The molecule has 1 amide bonds. The van der Waals surface area contributed by atoms with Gasteiger partial charge in [-0.25, -0.2) is 0 Å². The second kappa shape index (κ2) is 4.66.